The Morgan fingerprint density at radius 3 is 1.78 bits per heavy atom. The van der Waals surface area contributed by atoms with Crippen molar-refractivity contribution in [2.75, 3.05) is 11.5 Å². The molecular formula is C14H13N3O. The standard InChI is InChI=1S/C14H13N3O/c1-17-12-4-2-8(15)6-10(12)14(18)11-7-9(16)3-5-13(11)17/h2-7H,15-16H2,1H3. The van der Waals surface area contributed by atoms with Crippen LogP contribution in [-0.2, 0) is 7.05 Å². The number of aryl methyl sites for hydroxylation is 1. The number of benzene rings is 2. The van der Waals surface area contributed by atoms with Crippen molar-refractivity contribution >= 4 is 33.2 Å². The second-order valence-corrected chi connectivity index (χ2v) is 4.44. The maximum absolute atomic E-state index is 12.4. The number of nitrogen functional groups attached to an aromatic ring is 2. The Balaban J connectivity index is 2.65. The molecule has 4 N–H and O–H groups in total. The van der Waals surface area contributed by atoms with Gasteiger partial charge in [0.2, 0.25) is 0 Å². The van der Waals surface area contributed by atoms with Crippen LogP contribution in [0.25, 0.3) is 21.8 Å². The van der Waals surface area contributed by atoms with Gasteiger partial charge in [0.15, 0.2) is 5.43 Å². The van der Waals surface area contributed by atoms with Gasteiger partial charge in [-0.25, -0.2) is 0 Å². The molecule has 4 heteroatoms. The zero-order valence-corrected chi connectivity index (χ0v) is 9.97. The van der Waals surface area contributed by atoms with Crippen LogP contribution in [0.15, 0.2) is 41.2 Å². The normalized spacial score (nSPS) is 11.2. The fourth-order valence-corrected chi connectivity index (χ4v) is 2.33. The van der Waals surface area contributed by atoms with Gasteiger partial charge < -0.3 is 16.0 Å². The molecule has 0 unspecified atom stereocenters. The predicted octanol–water partition coefficient (Wildman–Crippen LogP) is 1.86. The van der Waals surface area contributed by atoms with Crippen molar-refractivity contribution < 1.29 is 0 Å². The molecule has 0 spiro atoms. The van der Waals surface area contributed by atoms with Crippen LogP contribution in [-0.4, -0.2) is 4.57 Å². The third-order valence-electron chi connectivity index (χ3n) is 3.25. The van der Waals surface area contributed by atoms with Crippen molar-refractivity contribution in [1.82, 2.24) is 4.57 Å². The van der Waals surface area contributed by atoms with Gasteiger partial charge in [0.05, 0.1) is 11.0 Å². The Kier molecular flexibility index (Phi) is 2.07. The van der Waals surface area contributed by atoms with Crippen LogP contribution in [0, 0.1) is 0 Å². The number of fused-ring (bicyclic) bond motifs is 2. The summed E-state index contributed by atoms with van der Waals surface area (Å²) in [5.41, 5.74) is 14.4. The van der Waals surface area contributed by atoms with Gasteiger partial charge in [-0.3, -0.25) is 4.79 Å². The van der Waals surface area contributed by atoms with Gasteiger partial charge in [0.1, 0.15) is 0 Å². The van der Waals surface area contributed by atoms with Crippen LogP contribution in [0.3, 0.4) is 0 Å². The molecule has 0 saturated carbocycles. The summed E-state index contributed by atoms with van der Waals surface area (Å²) in [7, 11) is 1.93. The first-order chi connectivity index (χ1) is 8.58. The minimum atomic E-state index is -0.0299. The molecule has 0 bridgehead atoms. The summed E-state index contributed by atoms with van der Waals surface area (Å²) < 4.78 is 1.98. The highest BCUT2D eigenvalue weighted by Crippen LogP contribution is 2.21. The Morgan fingerprint density at radius 1 is 0.889 bits per heavy atom. The largest absolute Gasteiger partial charge is 0.399 e. The Morgan fingerprint density at radius 2 is 1.33 bits per heavy atom. The van der Waals surface area contributed by atoms with Crippen LogP contribution in [0.2, 0.25) is 0 Å². The van der Waals surface area contributed by atoms with E-state index in [9.17, 15) is 4.79 Å². The van der Waals surface area contributed by atoms with Crippen molar-refractivity contribution in [2.45, 2.75) is 0 Å². The number of pyridine rings is 1. The SMILES string of the molecule is Cn1c2ccc(N)cc2c(=O)c2cc(N)ccc21. The lowest BCUT2D eigenvalue weighted by Crippen LogP contribution is -2.09. The third kappa shape index (κ3) is 1.35. The Labute approximate surface area is 103 Å². The van der Waals surface area contributed by atoms with Gasteiger partial charge in [-0.1, -0.05) is 0 Å². The summed E-state index contributed by atoms with van der Waals surface area (Å²) >= 11 is 0. The second kappa shape index (κ2) is 3.50. The molecule has 0 atom stereocenters. The smallest absolute Gasteiger partial charge is 0.197 e. The first kappa shape index (κ1) is 10.7. The first-order valence-electron chi connectivity index (χ1n) is 5.65. The summed E-state index contributed by atoms with van der Waals surface area (Å²) in [6, 6.07) is 10.7. The summed E-state index contributed by atoms with van der Waals surface area (Å²) in [6.45, 7) is 0. The fourth-order valence-electron chi connectivity index (χ4n) is 2.33. The maximum Gasteiger partial charge on any atom is 0.197 e. The molecule has 0 saturated heterocycles. The maximum atomic E-state index is 12.4. The van der Waals surface area contributed by atoms with Crippen LogP contribution in [0.4, 0.5) is 11.4 Å². The van der Waals surface area contributed by atoms with E-state index in [4.69, 9.17) is 11.5 Å². The summed E-state index contributed by atoms with van der Waals surface area (Å²) in [6.07, 6.45) is 0. The quantitative estimate of drug-likeness (QED) is 0.464. The Bertz CT molecular complexity index is 768. The average molecular weight is 239 g/mol. The van der Waals surface area contributed by atoms with E-state index in [-0.39, 0.29) is 5.43 Å². The van der Waals surface area contributed by atoms with Crippen LogP contribution >= 0.6 is 0 Å². The van der Waals surface area contributed by atoms with Crippen LogP contribution < -0.4 is 16.9 Å². The summed E-state index contributed by atoms with van der Waals surface area (Å²) in [5, 5.41) is 1.24. The van der Waals surface area contributed by atoms with E-state index < -0.39 is 0 Å². The molecular weight excluding hydrogens is 226 g/mol. The zero-order valence-electron chi connectivity index (χ0n) is 9.97. The van der Waals surface area contributed by atoms with Crippen molar-refractivity contribution in [1.29, 1.82) is 0 Å². The van der Waals surface area contributed by atoms with Crippen molar-refractivity contribution in [2.24, 2.45) is 7.05 Å². The predicted molar refractivity (Wildman–Crippen MR) is 75.5 cm³/mol. The van der Waals surface area contributed by atoms with Gasteiger partial charge in [-0.2, -0.15) is 0 Å². The van der Waals surface area contributed by atoms with E-state index >= 15 is 0 Å². The van der Waals surface area contributed by atoms with Gasteiger partial charge in [0, 0.05) is 29.2 Å². The number of rotatable bonds is 0. The lowest BCUT2D eigenvalue weighted by Gasteiger charge is -2.11. The van der Waals surface area contributed by atoms with Gasteiger partial charge >= 0.3 is 0 Å². The topological polar surface area (TPSA) is 74.0 Å². The molecule has 0 aliphatic rings. The molecule has 3 rings (SSSR count). The third-order valence-corrected chi connectivity index (χ3v) is 3.25. The molecule has 0 amide bonds. The molecule has 1 heterocycles. The molecule has 2 aromatic carbocycles. The zero-order chi connectivity index (χ0) is 12.9. The molecule has 90 valence electrons. The number of anilines is 2. The van der Waals surface area contributed by atoms with E-state index in [1.165, 1.54) is 0 Å². The number of hydrogen-bond acceptors (Lipinski definition) is 3. The highest BCUT2D eigenvalue weighted by atomic mass is 16.1. The van der Waals surface area contributed by atoms with Crippen molar-refractivity contribution in [3.8, 4) is 0 Å². The van der Waals surface area contributed by atoms with Crippen molar-refractivity contribution in [3.63, 3.8) is 0 Å². The molecule has 4 nitrogen and oxygen atoms in total. The fraction of sp³-hybridized carbons (Fsp3) is 0.0714. The van der Waals surface area contributed by atoms with E-state index in [2.05, 4.69) is 0 Å². The van der Waals surface area contributed by atoms with Crippen LogP contribution in [0.1, 0.15) is 0 Å². The van der Waals surface area contributed by atoms with Gasteiger partial charge in [0.25, 0.3) is 0 Å². The van der Waals surface area contributed by atoms with Crippen molar-refractivity contribution in [3.05, 3.63) is 46.6 Å². The summed E-state index contributed by atoms with van der Waals surface area (Å²) in [5.74, 6) is 0. The number of hydrogen-bond donors (Lipinski definition) is 2. The molecule has 0 aliphatic carbocycles. The minimum Gasteiger partial charge on any atom is -0.399 e. The first-order valence-corrected chi connectivity index (χ1v) is 5.65. The molecule has 0 radical (unpaired) electrons. The average Bonchev–Trinajstić information content (AvgIpc) is 2.35. The highest BCUT2D eigenvalue weighted by molar-refractivity contribution is 5.95. The van der Waals surface area contributed by atoms with Crippen LogP contribution in [0.5, 0.6) is 0 Å². The Hall–Kier alpha value is -2.49. The lowest BCUT2D eigenvalue weighted by molar-refractivity contribution is 1.00. The molecule has 0 aliphatic heterocycles. The number of nitrogens with zero attached hydrogens (tertiary/aromatic N) is 1. The van der Waals surface area contributed by atoms with Gasteiger partial charge in [-0.05, 0) is 36.4 Å². The monoisotopic (exact) mass is 239 g/mol. The van der Waals surface area contributed by atoms with E-state index in [0.717, 1.165) is 11.0 Å². The molecule has 1 aromatic heterocycles. The molecule has 0 fully saturated rings. The van der Waals surface area contributed by atoms with E-state index in [1.807, 2.05) is 23.7 Å². The minimum absolute atomic E-state index is 0.0299. The molecule has 3 aromatic rings. The molecule has 18 heavy (non-hydrogen) atoms. The second-order valence-electron chi connectivity index (χ2n) is 4.44. The highest BCUT2D eigenvalue weighted by Gasteiger charge is 2.08. The summed E-state index contributed by atoms with van der Waals surface area (Å²) in [4.78, 5) is 12.4. The van der Waals surface area contributed by atoms with E-state index in [1.54, 1.807) is 24.3 Å². The van der Waals surface area contributed by atoms with E-state index in [0.29, 0.717) is 22.1 Å². The number of nitrogens with two attached hydrogens (primary N) is 2. The van der Waals surface area contributed by atoms with Gasteiger partial charge in [-0.15, -0.1) is 0 Å². The lowest BCUT2D eigenvalue weighted by atomic mass is 10.1. The number of aromatic nitrogens is 1.